The van der Waals surface area contributed by atoms with Gasteiger partial charge >= 0.3 is 0 Å². The van der Waals surface area contributed by atoms with E-state index < -0.39 is 0 Å². The van der Waals surface area contributed by atoms with Crippen LogP contribution in [0, 0.1) is 0 Å². The Kier molecular flexibility index (Phi) is 19.3. The highest BCUT2D eigenvalue weighted by Gasteiger charge is 1.55. The molecule has 0 radical (unpaired) electrons. The first-order valence-electron chi connectivity index (χ1n) is 3.18. The molecule has 0 N–H and O–H groups in total. The van der Waals surface area contributed by atoms with Gasteiger partial charge < -0.3 is 0 Å². The van der Waals surface area contributed by atoms with E-state index in [9.17, 15) is 0 Å². The largest absolute Gasteiger partial charge is 0.103 e. The summed E-state index contributed by atoms with van der Waals surface area (Å²) in [6.07, 6.45) is 8.64. The van der Waals surface area contributed by atoms with Crippen molar-refractivity contribution in [3.05, 3.63) is 37.5 Å². The van der Waals surface area contributed by atoms with Crippen LogP contribution in [0.4, 0.5) is 0 Å². The first-order valence-corrected chi connectivity index (χ1v) is 3.18. The van der Waals surface area contributed by atoms with Crippen molar-refractivity contribution in [2.45, 2.75) is 20.3 Å². The molecule has 52 valence electrons. The Morgan fingerprint density at radius 3 is 1.89 bits per heavy atom. The summed E-state index contributed by atoms with van der Waals surface area (Å²) in [4.78, 5) is 0. The highest BCUT2D eigenvalue weighted by atomic mass is 13.6. The van der Waals surface area contributed by atoms with Gasteiger partial charge in [0.15, 0.2) is 0 Å². The first-order chi connectivity index (χ1) is 4.33. The van der Waals surface area contributed by atoms with Crippen LogP contribution in [0.1, 0.15) is 20.3 Å². The van der Waals surface area contributed by atoms with Gasteiger partial charge in [-0.2, -0.15) is 0 Å². The molecule has 9 heavy (non-hydrogen) atoms. The van der Waals surface area contributed by atoms with E-state index in [1.807, 2.05) is 13.0 Å². The van der Waals surface area contributed by atoms with E-state index in [1.54, 1.807) is 12.2 Å². The van der Waals surface area contributed by atoms with Crippen molar-refractivity contribution in [2.24, 2.45) is 0 Å². The molecule has 0 aliphatic carbocycles. The lowest BCUT2D eigenvalue weighted by Crippen LogP contribution is -1.46. The minimum atomic E-state index is 1.10. The Bertz CT molecular complexity index is 78.0. The van der Waals surface area contributed by atoms with Gasteiger partial charge in [0.2, 0.25) is 0 Å². The predicted octanol–water partition coefficient (Wildman–Crippen LogP) is 3.33. The van der Waals surface area contributed by atoms with Crippen LogP contribution >= 0.6 is 0 Å². The van der Waals surface area contributed by atoms with Crippen molar-refractivity contribution < 1.29 is 0 Å². The van der Waals surface area contributed by atoms with Crippen molar-refractivity contribution in [1.82, 2.24) is 0 Å². The van der Waals surface area contributed by atoms with E-state index in [0.717, 1.165) is 6.42 Å². The average Bonchev–Trinajstić information content (AvgIpc) is 1.86. The molecular formula is C9H16. The highest BCUT2D eigenvalue weighted by molar-refractivity contribution is 4.96. The normalized spacial score (nSPS) is 7.78. The monoisotopic (exact) mass is 124 g/mol. The Morgan fingerprint density at radius 1 is 1.33 bits per heavy atom. The summed E-state index contributed by atoms with van der Waals surface area (Å²) in [5.74, 6) is 0. The van der Waals surface area contributed by atoms with Crippen LogP contribution < -0.4 is 0 Å². The van der Waals surface area contributed by atoms with Crippen LogP contribution in [0.5, 0.6) is 0 Å². The molecule has 0 aliphatic heterocycles. The van der Waals surface area contributed by atoms with Crippen LogP contribution in [0.25, 0.3) is 0 Å². The number of hydrogen-bond acceptors (Lipinski definition) is 0. The SMILES string of the molecule is C=CC.C=CC=CCC. The maximum Gasteiger partial charge on any atom is -0.0376 e. The summed E-state index contributed by atoms with van der Waals surface area (Å²) in [6.45, 7) is 10.9. The molecule has 0 unspecified atom stereocenters. The Hall–Kier alpha value is -0.780. The summed E-state index contributed by atoms with van der Waals surface area (Å²) in [5.41, 5.74) is 0. The predicted molar refractivity (Wildman–Crippen MR) is 45.5 cm³/mol. The molecule has 0 bridgehead atoms. The lowest BCUT2D eigenvalue weighted by molar-refractivity contribution is 1.22. The fraction of sp³-hybridized carbons (Fsp3) is 0.333. The Morgan fingerprint density at radius 2 is 1.78 bits per heavy atom. The van der Waals surface area contributed by atoms with Crippen LogP contribution in [0.2, 0.25) is 0 Å². The number of hydrogen-bond donors (Lipinski definition) is 0. The van der Waals surface area contributed by atoms with Crippen molar-refractivity contribution in [2.75, 3.05) is 0 Å². The van der Waals surface area contributed by atoms with Gasteiger partial charge in [-0.15, -0.1) is 6.58 Å². The van der Waals surface area contributed by atoms with E-state index in [1.165, 1.54) is 0 Å². The second-order valence-corrected chi connectivity index (χ2v) is 1.48. The standard InChI is InChI=1S/C6H10.C3H6/c1-3-5-6-4-2;1-3-2/h3,5-6H,1,4H2,2H3;3H,1H2,2H3. The summed E-state index contributed by atoms with van der Waals surface area (Å²) >= 11 is 0. The number of allylic oxidation sites excluding steroid dienone is 4. The van der Waals surface area contributed by atoms with Crippen molar-refractivity contribution >= 4 is 0 Å². The van der Waals surface area contributed by atoms with Crippen LogP contribution in [0.15, 0.2) is 37.5 Å². The molecule has 0 aromatic heterocycles. The van der Waals surface area contributed by atoms with Gasteiger partial charge in [0.25, 0.3) is 0 Å². The second-order valence-electron chi connectivity index (χ2n) is 1.48. The Balaban J connectivity index is 0. The molecule has 0 fully saturated rings. The van der Waals surface area contributed by atoms with Gasteiger partial charge in [-0.1, -0.05) is 37.8 Å². The molecule has 0 saturated heterocycles. The zero-order chi connectivity index (χ0) is 7.54. The molecule has 0 aromatic carbocycles. The van der Waals surface area contributed by atoms with E-state index in [0.29, 0.717) is 0 Å². The van der Waals surface area contributed by atoms with E-state index in [2.05, 4.69) is 26.2 Å². The van der Waals surface area contributed by atoms with Gasteiger partial charge in [0, 0.05) is 0 Å². The summed E-state index contributed by atoms with van der Waals surface area (Å²) < 4.78 is 0. The quantitative estimate of drug-likeness (QED) is 0.391. The van der Waals surface area contributed by atoms with Crippen LogP contribution in [0.3, 0.4) is 0 Å². The molecular weight excluding hydrogens is 108 g/mol. The fourth-order valence-electron chi connectivity index (χ4n) is 0.232. The summed E-state index contributed by atoms with van der Waals surface area (Å²) in [6, 6.07) is 0. The molecule has 0 atom stereocenters. The topological polar surface area (TPSA) is 0 Å². The van der Waals surface area contributed by atoms with Crippen LogP contribution in [-0.4, -0.2) is 0 Å². The minimum absolute atomic E-state index is 1.10. The smallest absolute Gasteiger partial charge is 0.0376 e. The van der Waals surface area contributed by atoms with Crippen molar-refractivity contribution in [3.63, 3.8) is 0 Å². The van der Waals surface area contributed by atoms with Gasteiger partial charge in [-0.3, -0.25) is 0 Å². The van der Waals surface area contributed by atoms with E-state index in [4.69, 9.17) is 0 Å². The minimum Gasteiger partial charge on any atom is -0.103 e. The molecule has 0 rings (SSSR count). The molecule has 0 spiro atoms. The van der Waals surface area contributed by atoms with Crippen molar-refractivity contribution in [3.8, 4) is 0 Å². The highest BCUT2D eigenvalue weighted by Crippen LogP contribution is 1.76. The maximum atomic E-state index is 3.51. The third-order valence-corrected chi connectivity index (χ3v) is 0.508. The lowest BCUT2D eigenvalue weighted by atomic mass is 10.4. The lowest BCUT2D eigenvalue weighted by Gasteiger charge is -1.67. The maximum absolute atomic E-state index is 3.51. The average molecular weight is 124 g/mol. The molecule has 0 heteroatoms. The first kappa shape index (κ1) is 11.1. The third kappa shape index (κ3) is 39.9. The zero-order valence-electron chi connectivity index (χ0n) is 6.43. The Labute approximate surface area is 58.6 Å². The van der Waals surface area contributed by atoms with Gasteiger partial charge in [-0.05, 0) is 13.3 Å². The van der Waals surface area contributed by atoms with E-state index in [-0.39, 0.29) is 0 Å². The number of rotatable bonds is 2. The molecule has 0 heterocycles. The summed E-state index contributed by atoms with van der Waals surface area (Å²) in [7, 11) is 0. The molecule has 0 amide bonds. The van der Waals surface area contributed by atoms with Crippen LogP contribution in [-0.2, 0) is 0 Å². The molecule has 0 aliphatic rings. The molecule has 0 saturated carbocycles. The van der Waals surface area contributed by atoms with E-state index >= 15 is 0 Å². The zero-order valence-corrected chi connectivity index (χ0v) is 6.43. The second kappa shape index (κ2) is 15.7. The third-order valence-electron chi connectivity index (χ3n) is 0.508. The molecule has 0 aromatic rings. The van der Waals surface area contributed by atoms with Crippen molar-refractivity contribution in [1.29, 1.82) is 0 Å². The fourth-order valence-corrected chi connectivity index (χ4v) is 0.232. The van der Waals surface area contributed by atoms with Gasteiger partial charge in [0.1, 0.15) is 0 Å². The van der Waals surface area contributed by atoms with Gasteiger partial charge in [0.05, 0.1) is 0 Å². The van der Waals surface area contributed by atoms with Gasteiger partial charge in [-0.25, -0.2) is 0 Å². The summed E-state index contributed by atoms with van der Waals surface area (Å²) in [5, 5.41) is 0. The molecule has 0 nitrogen and oxygen atoms in total.